The number of tetrazole rings is 1. The molecule has 0 spiro atoms. The standard InChI is InChI=1S/C23H25ClFN9O/c1-35-10-9-32-7-5-17(6-8-32)33-14-16(13-28-33)15-11-18(22(26)27-12-15)23-29-30-31-34(23)20-4-2-3-19(24)21(20)25/h2-4,11-14,17H,5-10H2,1H3,(H2,26,27). The molecule has 0 aliphatic carbocycles. The Balaban J connectivity index is 1.40. The Morgan fingerprint density at radius 1 is 1.20 bits per heavy atom. The van der Waals surface area contributed by atoms with Gasteiger partial charge in [0.15, 0.2) is 11.6 Å². The number of aromatic nitrogens is 7. The van der Waals surface area contributed by atoms with E-state index in [1.807, 2.05) is 23.1 Å². The Hall–Kier alpha value is -3.41. The lowest BCUT2D eigenvalue weighted by atomic mass is 10.1. The van der Waals surface area contributed by atoms with Crippen molar-refractivity contribution in [2.75, 3.05) is 39.1 Å². The molecule has 4 aromatic rings. The maximum Gasteiger partial charge on any atom is 0.190 e. The van der Waals surface area contributed by atoms with Crippen molar-refractivity contribution in [1.29, 1.82) is 0 Å². The molecule has 0 unspecified atom stereocenters. The number of nitrogens with zero attached hydrogens (tertiary/aromatic N) is 8. The van der Waals surface area contributed by atoms with Crippen molar-refractivity contribution in [2.24, 2.45) is 0 Å². The maximum atomic E-state index is 14.7. The number of anilines is 1. The van der Waals surface area contributed by atoms with E-state index in [-0.39, 0.29) is 22.4 Å². The summed E-state index contributed by atoms with van der Waals surface area (Å²) in [5.41, 5.74) is 8.47. The van der Waals surface area contributed by atoms with Crippen molar-refractivity contribution in [3.8, 4) is 28.2 Å². The fraction of sp³-hybridized carbons (Fsp3) is 0.348. The summed E-state index contributed by atoms with van der Waals surface area (Å²) in [5, 5.41) is 16.3. The SMILES string of the molecule is COCCN1CCC(n2cc(-c3cnc(N)c(-c4nnnn4-c4cccc(Cl)c4F)c3)cn2)CC1. The summed E-state index contributed by atoms with van der Waals surface area (Å²) < 4.78 is 23.1. The van der Waals surface area contributed by atoms with E-state index in [0.29, 0.717) is 11.6 Å². The summed E-state index contributed by atoms with van der Waals surface area (Å²) in [5.74, 6) is -0.142. The van der Waals surface area contributed by atoms with Gasteiger partial charge in [0, 0.05) is 50.3 Å². The number of hydrogen-bond donors (Lipinski definition) is 1. The van der Waals surface area contributed by atoms with Gasteiger partial charge in [-0.15, -0.1) is 5.10 Å². The van der Waals surface area contributed by atoms with E-state index < -0.39 is 5.82 Å². The fourth-order valence-corrected chi connectivity index (χ4v) is 4.47. The Labute approximate surface area is 206 Å². The number of rotatable bonds is 7. The number of piperidine rings is 1. The topological polar surface area (TPSA) is 113 Å². The van der Waals surface area contributed by atoms with Crippen LogP contribution in [0.4, 0.5) is 10.2 Å². The smallest absolute Gasteiger partial charge is 0.190 e. The minimum absolute atomic E-state index is 0.0271. The number of halogens is 2. The first-order chi connectivity index (χ1) is 17.0. The zero-order valence-corrected chi connectivity index (χ0v) is 19.9. The average molecular weight is 498 g/mol. The first-order valence-corrected chi connectivity index (χ1v) is 11.7. The molecular formula is C23H25ClFN9O. The van der Waals surface area contributed by atoms with E-state index in [2.05, 4.69) is 30.5 Å². The van der Waals surface area contributed by atoms with Crippen LogP contribution in [0.15, 0.2) is 42.9 Å². The zero-order valence-electron chi connectivity index (χ0n) is 19.2. The molecule has 5 rings (SSSR count). The van der Waals surface area contributed by atoms with E-state index in [4.69, 9.17) is 22.1 Å². The third-order valence-electron chi connectivity index (χ3n) is 6.27. The van der Waals surface area contributed by atoms with Gasteiger partial charge >= 0.3 is 0 Å². The van der Waals surface area contributed by atoms with Crippen LogP contribution < -0.4 is 5.73 Å². The van der Waals surface area contributed by atoms with Crippen molar-refractivity contribution < 1.29 is 9.13 Å². The number of benzene rings is 1. The summed E-state index contributed by atoms with van der Waals surface area (Å²) in [6.45, 7) is 3.72. The number of nitrogens with two attached hydrogens (primary N) is 1. The van der Waals surface area contributed by atoms with Gasteiger partial charge < -0.3 is 15.4 Å². The van der Waals surface area contributed by atoms with Gasteiger partial charge in [0.05, 0.1) is 29.4 Å². The Bertz CT molecular complexity index is 1320. The van der Waals surface area contributed by atoms with Gasteiger partial charge in [-0.2, -0.15) is 9.78 Å². The summed E-state index contributed by atoms with van der Waals surface area (Å²) in [4.78, 5) is 6.75. The number of hydrogen-bond acceptors (Lipinski definition) is 8. The lowest BCUT2D eigenvalue weighted by Gasteiger charge is -2.31. The van der Waals surface area contributed by atoms with Crippen molar-refractivity contribution in [1.82, 2.24) is 39.9 Å². The summed E-state index contributed by atoms with van der Waals surface area (Å²) >= 11 is 5.95. The highest BCUT2D eigenvalue weighted by atomic mass is 35.5. The first-order valence-electron chi connectivity index (χ1n) is 11.3. The molecule has 0 saturated carbocycles. The van der Waals surface area contributed by atoms with Crippen LogP contribution in [-0.4, -0.2) is 73.2 Å². The maximum absolute atomic E-state index is 14.7. The Kier molecular flexibility index (Phi) is 6.71. The third-order valence-corrected chi connectivity index (χ3v) is 6.56. The van der Waals surface area contributed by atoms with Crippen molar-refractivity contribution in [3.05, 3.63) is 53.7 Å². The average Bonchev–Trinajstić information content (AvgIpc) is 3.56. The molecule has 1 aromatic carbocycles. The highest BCUT2D eigenvalue weighted by Crippen LogP contribution is 2.31. The van der Waals surface area contributed by atoms with Crippen molar-refractivity contribution >= 4 is 17.4 Å². The largest absolute Gasteiger partial charge is 0.383 e. The molecule has 0 bridgehead atoms. The van der Waals surface area contributed by atoms with E-state index in [9.17, 15) is 4.39 Å². The highest BCUT2D eigenvalue weighted by Gasteiger charge is 2.22. The minimum Gasteiger partial charge on any atom is -0.383 e. The molecule has 1 aliphatic rings. The second-order valence-corrected chi connectivity index (χ2v) is 8.83. The van der Waals surface area contributed by atoms with Crippen LogP contribution >= 0.6 is 11.6 Å². The number of ether oxygens (including phenoxy) is 1. The van der Waals surface area contributed by atoms with Crippen LogP contribution in [0.25, 0.3) is 28.2 Å². The van der Waals surface area contributed by atoms with Crippen molar-refractivity contribution in [3.63, 3.8) is 0 Å². The number of pyridine rings is 1. The second kappa shape index (κ2) is 10.1. The summed E-state index contributed by atoms with van der Waals surface area (Å²) in [7, 11) is 1.73. The molecule has 0 radical (unpaired) electrons. The molecule has 182 valence electrons. The van der Waals surface area contributed by atoms with Crippen LogP contribution in [0, 0.1) is 5.82 Å². The Morgan fingerprint density at radius 3 is 2.83 bits per heavy atom. The molecule has 3 aromatic heterocycles. The number of methoxy groups -OCH3 is 1. The molecule has 1 aliphatic heterocycles. The molecule has 12 heteroatoms. The summed E-state index contributed by atoms with van der Waals surface area (Å²) in [6, 6.07) is 6.80. The lowest BCUT2D eigenvalue weighted by molar-refractivity contribution is 0.119. The minimum atomic E-state index is -0.625. The predicted octanol–water partition coefficient (Wildman–Crippen LogP) is 3.25. The van der Waals surface area contributed by atoms with Crippen LogP contribution in [0.1, 0.15) is 18.9 Å². The van der Waals surface area contributed by atoms with Gasteiger partial charge in [-0.3, -0.25) is 4.68 Å². The van der Waals surface area contributed by atoms with Crippen LogP contribution in [0.3, 0.4) is 0 Å². The molecule has 4 heterocycles. The van der Waals surface area contributed by atoms with E-state index >= 15 is 0 Å². The zero-order chi connectivity index (χ0) is 24.4. The van der Waals surface area contributed by atoms with Gasteiger partial charge in [0.2, 0.25) is 0 Å². The molecular weight excluding hydrogens is 473 g/mol. The molecule has 10 nitrogen and oxygen atoms in total. The van der Waals surface area contributed by atoms with E-state index in [1.165, 1.54) is 10.7 Å². The molecule has 0 amide bonds. The molecule has 1 saturated heterocycles. The normalized spacial score (nSPS) is 15.1. The first kappa shape index (κ1) is 23.3. The van der Waals surface area contributed by atoms with Crippen molar-refractivity contribution in [2.45, 2.75) is 18.9 Å². The van der Waals surface area contributed by atoms with E-state index in [1.54, 1.807) is 25.4 Å². The van der Waals surface area contributed by atoms with Gasteiger partial charge in [0.25, 0.3) is 0 Å². The summed E-state index contributed by atoms with van der Waals surface area (Å²) in [6.07, 6.45) is 7.56. The molecule has 2 N–H and O–H groups in total. The predicted molar refractivity (Wildman–Crippen MR) is 130 cm³/mol. The van der Waals surface area contributed by atoms with Gasteiger partial charge in [-0.05, 0) is 41.5 Å². The van der Waals surface area contributed by atoms with E-state index in [0.717, 1.165) is 50.2 Å². The number of likely N-dealkylation sites (tertiary alicyclic amines) is 1. The van der Waals surface area contributed by atoms with Gasteiger partial charge in [-0.25, -0.2) is 9.37 Å². The number of nitrogen functional groups attached to an aromatic ring is 1. The third kappa shape index (κ3) is 4.75. The Morgan fingerprint density at radius 2 is 2.03 bits per heavy atom. The van der Waals surface area contributed by atoms with Crippen LogP contribution in [0.5, 0.6) is 0 Å². The lowest BCUT2D eigenvalue weighted by Crippen LogP contribution is -2.36. The van der Waals surface area contributed by atoms with Crippen LogP contribution in [0.2, 0.25) is 5.02 Å². The fourth-order valence-electron chi connectivity index (χ4n) is 4.30. The van der Waals surface area contributed by atoms with Gasteiger partial charge in [-0.1, -0.05) is 17.7 Å². The second-order valence-electron chi connectivity index (χ2n) is 8.42. The molecule has 1 fully saturated rings. The highest BCUT2D eigenvalue weighted by molar-refractivity contribution is 6.30. The van der Waals surface area contributed by atoms with Crippen LogP contribution in [-0.2, 0) is 4.74 Å². The monoisotopic (exact) mass is 497 g/mol. The van der Waals surface area contributed by atoms with Gasteiger partial charge in [0.1, 0.15) is 11.5 Å². The quantitative estimate of drug-likeness (QED) is 0.414. The molecule has 35 heavy (non-hydrogen) atoms. The molecule has 0 atom stereocenters.